The SMILES string of the molecule is O=C(NC[C@@H]1CCCO1)c1ccc(-c2cc(C(F)(F)F)n(CF)n2)s1. The van der Waals surface area contributed by atoms with Crippen molar-refractivity contribution in [2.24, 2.45) is 0 Å². The Morgan fingerprint density at radius 2 is 2.24 bits per heavy atom. The highest BCUT2D eigenvalue weighted by Crippen LogP contribution is 2.34. The monoisotopic (exact) mass is 377 g/mol. The van der Waals surface area contributed by atoms with Crippen molar-refractivity contribution in [1.29, 1.82) is 0 Å². The lowest BCUT2D eigenvalue weighted by Crippen LogP contribution is -2.31. The molecule has 0 saturated carbocycles. The van der Waals surface area contributed by atoms with E-state index in [4.69, 9.17) is 4.74 Å². The molecule has 1 amide bonds. The molecule has 0 spiro atoms. The topological polar surface area (TPSA) is 56.1 Å². The van der Waals surface area contributed by atoms with Crippen LogP contribution in [0.25, 0.3) is 10.6 Å². The van der Waals surface area contributed by atoms with Crippen LogP contribution in [0.15, 0.2) is 18.2 Å². The van der Waals surface area contributed by atoms with Crippen LogP contribution in [0.5, 0.6) is 0 Å². The normalized spacial score (nSPS) is 17.8. The lowest BCUT2D eigenvalue weighted by molar-refractivity contribution is -0.145. The van der Waals surface area contributed by atoms with Crippen LogP contribution >= 0.6 is 11.3 Å². The number of hydrogen-bond donors (Lipinski definition) is 1. The molecule has 3 heterocycles. The first kappa shape index (κ1) is 17.9. The molecule has 1 N–H and O–H groups in total. The molecule has 3 rings (SSSR count). The summed E-state index contributed by atoms with van der Waals surface area (Å²) in [5.41, 5.74) is -1.18. The van der Waals surface area contributed by atoms with Crippen molar-refractivity contribution >= 4 is 17.2 Å². The average Bonchev–Trinajstić information content (AvgIpc) is 3.30. The van der Waals surface area contributed by atoms with E-state index in [1.165, 1.54) is 12.1 Å². The number of amides is 1. The molecule has 1 atom stereocenters. The molecule has 25 heavy (non-hydrogen) atoms. The van der Waals surface area contributed by atoms with Crippen LogP contribution in [0, 0.1) is 0 Å². The summed E-state index contributed by atoms with van der Waals surface area (Å²) in [6.07, 6.45) is -2.85. The van der Waals surface area contributed by atoms with Crippen LogP contribution in [0.4, 0.5) is 17.6 Å². The lowest BCUT2D eigenvalue weighted by Gasteiger charge is -2.09. The van der Waals surface area contributed by atoms with E-state index in [2.05, 4.69) is 10.4 Å². The van der Waals surface area contributed by atoms with Crippen molar-refractivity contribution in [3.05, 3.63) is 28.8 Å². The maximum Gasteiger partial charge on any atom is 0.433 e. The molecule has 0 aliphatic carbocycles. The van der Waals surface area contributed by atoms with Gasteiger partial charge in [0, 0.05) is 13.2 Å². The maximum absolute atomic E-state index is 12.8. The number of thiophene rings is 1. The van der Waals surface area contributed by atoms with Crippen LogP contribution < -0.4 is 5.32 Å². The van der Waals surface area contributed by atoms with E-state index in [1.54, 1.807) is 0 Å². The molecular weight excluding hydrogens is 362 g/mol. The Hall–Kier alpha value is -1.94. The van der Waals surface area contributed by atoms with Gasteiger partial charge < -0.3 is 10.1 Å². The number of halogens is 4. The Morgan fingerprint density at radius 3 is 2.84 bits per heavy atom. The second-order valence-electron chi connectivity index (χ2n) is 5.54. The summed E-state index contributed by atoms with van der Waals surface area (Å²) >= 11 is 1.00. The molecule has 0 aromatic carbocycles. The predicted molar refractivity (Wildman–Crippen MR) is 83.0 cm³/mol. The number of aromatic nitrogens is 2. The van der Waals surface area contributed by atoms with E-state index in [9.17, 15) is 22.4 Å². The van der Waals surface area contributed by atoms with Crippen LogP contribution in [-0.2, 0) is 17.7 Å². The van der Waals surface area contributed by atoms with Crippen molar-refractivity contribution in [3.63, 3.8) is 0 Å². The van der Waals surface area contributed by atoms with Gasteiger partial charge in [-0.15, -0.1) is 11.3 Å². The quantitative estimate of drug-likeness (QED) is 0.812. The fourth-order valence-corrected chi connectivity index (χ4v) is 3.43. The zero-order valence-corrected chi connectivity index (χ0v) is 13.8. The van der Waals surface area contributed by atoms with Crippen LogP contribution in [0.3, 0.4) is 0 Å². The summed E-state index contributed by atoms with van der Waals surface area (Å²) in [5, 5.41) is 6.37. The Kier molecular flexibility index (Phi) is 5.09. The van der Waals surface area contributed by atoms with E-state index in [0.717, 1.165) is 30.2 Å². The molecular formula is C15H15F4N3O2S. The predicted octanol–water partition coefficient (Wildman–Crippen LogP) is 3.47. The highest BCUT2D eigenvalue weighted by molar-refractivity contribution is 7.17. The molecule has 10 heteroatoms. The lowest BCUT2D eigenvalue weighted by atomic mass is 10.2. The van der Waals surface area contributed by atoms with Gasteiger partial charge in [0.05, 0.1) is 15.9 Å². The zero-order valence-electron chi connectivity index (χ0n) is 13.0. The molecule has 2 aromatic heterocycles. The van der Waals surface area contributed by atoms with E-state index in [1.807, 2.05) is 0 Å². The minimum absolute atomic E-state index is 0.00187. The second-order valence-corrected chi connectivity index (χ2v) is 6.62. The van der Waals surface area contributed by atoms with Gasteiger partial charge in [0.15, 0.2) is 6.80 Å². The third kappa shape index (κ3) is 4.01. The summed E-state index contributed by atoms with van der Waals surface area (Å²) in [4.78, 5) is 12.8. The molecule has 5 nitrogen and oxygen atoms in total. The van der Waals surface area contributed by atoms with Gasteiger partial charge in [-0.25, -0.2) is 9.07 Å². The minimum Gasteiger partial charge on any atom is -0.376 e. The van der Waals surface area contributed by atoms with E-state index in [0.29, 0.717) is 22.9 Å². The molecule has 0 bridgehead atoms. The molecule has 1 aliphatic heterocycles. The Balaban J connectivity index is 1.72. The average molecular weight is 377 g/mol. The summed E-state index contributed by atoms with van der Waals surface area (Å²) in [6.45, 7) is -0.307. The second kappa shape index (κ2) is 7.12. The van der Waals surface area contributed by atoms with Crippen LogP contribution in [-0.4, -0.2) is 34.9 Å². The third-order valence-corrected chi connectivity index (χ3v) is 4.89. The smallest absolute Gasteiger partial charge is 0.376 e. The fourth-order valence-electron chi connectivity index (χ4n) is 2.55. The zero-order chi connectivity index (χ0) is 18.0. The number of ether oxygens (including phenoxy) is 1. The van der Waals surface area contributed by atoms with Gasteiger partial charge >= 0.3 is 6.18 Å². The highest BCUT2D eigenvalue weighted by atomic mass is 32.1. The first-order chi connectivity index (χ1) is 11.9. The molecule has 0 unspecified atom stereocenters. The van der Waals surface area contributed by atoms with E-state index >= 15 is 0 Å². The summed E-state index contributed by atoms with van der Waals surface area (Å²) in [7, 11) is 0. The molecule has 136 valence electrons. The van der Waals surface area contributed by atoms with Gasteiger partial charge in [0.25, 0.3) is 5.91 Å². The van der Waals surface area contributed by atoms with Gasteiger partial charge in [-0.2, -0.15) is 18.3 Å². The number of nitrogens with one attached hydrogen (secondary N) is 1. The van der Waals surface area contributed by atoms with Crippen LogP contribution in [0.2, 0.25) is 0 Å². The van der Waals surface area contributed by atoms with E-state index < -0.39 is 18.7 Å². The van der Waals surface area contributed by atoms with E-state index in [-0.39, 0.29) is 22.4 Å². The van der Waals surface area contributed by atoms with Crippen molar-refractivity contribution in [2.75, 3.05) is 13.2 Å². The van der Waals surface area contributed by atoms with Gasteiger partial charge in [0.1, 0.15) is 11.4 Å². The van der Waals surface area contributed by atoms with Gasteiger partial charge in [0.2, 0.25) is 0 Å². The summed E-state index contributed by atoms with van der Waals surface area (Å²) in [6, 6.07) is 3.78. The molecule has 1 fully saturated rings. The number of hydrogen-bond acceptors (Lipinski definition) is 4. The van der Waals surface area contributed by atoms with Crippen molar-refractivity contribution < 1.29 is 27.1 Å². The first-order valence-corrected chi connectivity index (χ1v) is 8.41. The molecule has 1 aliphatic rings. The molecule has 0 radical (unpaired) electrons. The maximum atomic E-state index is 12.8. The van der Waals surface area contributed by atoms with Gasteiger partial charge in [-0.1, -0.05) is 0 Å². The first-order valence-electron chi connectivity index (χ1n) is 7.59. The number of rotatable bonds is 5. The summed E-state index contributed by atoms with van der Waals surface area (Å²) in [5.74, 6) is -0.326. The van der Waals surface area contributed by atoms with Gasteiger partial charge in [-0.3, -0.25) is 4.79 Å². The Morgan fingerprint density at radius 1 is 1.44 bits per heavy atom. The van der Waals surface area contributed by atoms with Crippen molar-refractivity contribution in [3.8, 4) is 10.6 Å². The van der Waals surface area contributed by atoms with Gasteiger partial charge in [-0.05, 0) is 31.0 Å². The fraction of sp³-hybridized carbons (Fsp3) is 0.467. The number of alkyl halides is 4. The summed E-state index contributed by atoms with van der Waals surface area (Å²) < 4.78 is 57.0. The molecule has 2 aromatic rings. The van der Waals surface area contributed by atoms with Crippen molar-refractivity contribution in [1.82, 2.24) is 15.1 Å². The minimum atomic E-state index is -4.70. The Bertz CT molecular complexity index is 750. The van der Waals surface area contributed by atoms with Crippen molar-refractivity contribution in [2.45, 2.75) is 31.9 Å². The number of carbonyl (C=O) groups excluding carboxylic acids is 1. The standard InChI is InChI=1S/C15H15F4N3O2S/c16-8-22-13(15(17,18)19)6-10(21-22)11-3-4-12(25-11)14(23)20-7-9-2-1-5-24-9/h3-4,6,9H,1-2,5,7-8H2,(H,20,23)/t9-/m0/s1. The Labute approximate surface area is 144 Å². The number of carbonyl (C=O) groups is 1. The molecule has 1 saturated heterocycles. The van der Waals surface area contributed by atoms with Crippen LogP contribution in [0.1, 0.15) is 28.2 Å². The largest absolute Gasteiger partial charge is 0.433 e. The number of nitrogens with zero attached hydrogens (tertiary/aromatic N) is 2. The third-order valence-electron chi connectivity index (χ3n) is 3.78. The highest BCUT2D eigenvalue weighted by Gasteiger charge is 2.36.